The van der Waals surface area contributed by atoms with Gasteiger partial charge in [-0.3, -0.25) is 0 Å². The molecule has 5 N–H and O–H groups in total. The van der Waals surface area contributed by atoms with Crippen molar-refractivity contribution in [3.8, 4) is 0 Å². The van der Waals surface area contributed by atoms with Crippen LogP contribution in [0.25, 0.3) is 0 Å². The Bertz CT molecular complexity index is 1010. The predicted molar refractivity (Wildman–Crippen MR) is 122 cm³/mol. The minimum absolute atomic E-state index is 0.298. The van der Waals surface area contributed by atoms with Crippen molar-refractivity contribution in [2.75, 3.05) is 13.6 Å². The Labute approximate surface area is 198 Å². The minimum Gasteiger partial charge on any atom is -0.479 e. The molecular formula is C26H31NO7. The zero-order valence-corrected chi connectivity index (χ0v) is 19.0. The smallest absolute Gasteiger partial charge is 0.335 e. The normalized spacial score (nSPS) is 34.8. The Hall–Kier alpha value is -2.33. The number of carboxylic acids is 1. The number of aliphatic carboxylic acids is 1. The number of likely N-dealkylation sites (N-methyl/N-ethyl adjacent to an activating group) is 1. The molecule has 6 rings (SSSR count). The molecule has 0 aromatic heterocycles. The van der Waals surface area contributed by atoms with Crippen LogP contribution >= 0.6 is 0 Å². The van der Waals surface area contributed by atoms with Crippen LogP contribution in [-0.2, 0) is 19.7 Å². The Kier molecular flexibility index (Phi) is 6.22. The lowest BCUT2D eigenvalue weighted by atomic mass is 9.53. The van der Waals surface area contributed by atoms with Gasteiger partial charge in [-0.05, 0) is 48.6 Å². The van der Waals surface area contributed by atoms with E-state index in [2.05, 4.69) is 53.8 Å². The fourth-order valence-corrected chi connectivity index (χ4v) is 6.22. The molecule has 3 aliphatic carbocycles. The topological polar surface area (TPSA) is 128 Å². The summed E-state index contributed by atoms with van der Waals surface area (Å²) in [6.07, 6.45) is -6.01. The molecule has 1 heterocycles. The Morgan fingerprint density at radius 1 is 1.06 bits per heavy atom. The number of carbonyl (C=O) groups is 1. The first-order chi connectivity index (χ1) is 16.4. The van der Waals surface area contributed by atoms with Gasteiger partial charge < -0.3 is 35.2 Å². The Morgan fingerprint density at radius 2 is 1.68 bits per heavy atom. The van der Waals surface area contributed by atoms with Crippen molar-refractivity contribution >= 4 is 5.97 Å². The number of hydrogen-bond acceptors (Lipinski definition) is 7. The van der Waals surface area contributed by atoms with Crippen LogP contribution in [-0.4, -0.2) is 76.8 Å². The van der Waals surface area contributed by atoms with E-state index in [-0.39, 0.29) is 5.41 Å². The molecule has 0 unspecified atom stereocenters. The van der Waals surface area contributed by atoms with Crippen LogP contribution in [0.5, 0.6) is 0 Å². The SMILES string of the molecule is CNC[C@@H](CC12CCC(c3ccccc31)c1ccccc12)O[C@@H]1O[C@H](C(=O)O)[C@@H](O)[C@H](O)[C@H]1O. The quantitative estimate of drug-likeness (QED) is 0.408. The second-order valence-electron chi connectivity index (χ2n) is 9.60. The summed E-state index contributed by atoms with van der Waals surface area (Å²) in [7, 11) is 1.80. The standard InChI is InChI=1S/C26H31NO7/c1-27-13-14(33-25-22(30)20(28)21(29)23(34-25)24(31)32)12-26-11-10-15(16-6-2-4-8-18(16)26)17-7-3-5-9-19(17)26/h2-9,14-15,20-23,25,27-30H,10-13H2,1H3,(H,31,32)/t14-,15?,20+,21+,22-,23+,25-,26?/m1/s1. The number of aliphatic hydroxyl groups is 3. The average molecular weight is 470 g/mol. The first-order valence-corrected chi connectivity index (χ1v) is 11.8. The molecule has 1 fully saturated rings. The molecule has 1 aliphatic heterocycles. The van der Waals surface area contributed by atoms with Crippen molar-refractivity contribution < 1.29 is 34.7 Å². The number of hydrogen-bond donors (Lipinski definition) is 5. The highest BCUT2D eigenvalue weighted by molar-refractivity contribution is 5.73. The summed E-state index contributed by atoms with van der Waals surface area (Å²) in [6, 6.07) is 17.0. The summed E-state index contributed by atoms with van der Waals surface area (Å²) >= 11 is 0. The third kappa shape index (κ3) is 3.66. The Balaban J connectivity index is 1.48. The highest BCUT2D eigenvalue weighted by Gasteiger charge is 2.51. The summed E-state index contributed by atoms with van der Waals surface area (Å²) in [5.41, 5.74) is 4.91. The lowest BCUT2D eigenvalue weighted by Gasteiger charge is -2.51. The molecule has 0 spiro atoms. The van der Waals surface area contributed by atoms with Crippen molar-refractivity contribution in [1.82, 2.24) is 5.32 Å². The van der Waals surface area contributed by atoms with E-state index < -0.39 is 42.8 Å². The van der Waals surface area contributed by atoms with Gasteiger partial charge in [0.2, 0.25) is 0 Å². The van der Waals surface area contributed by atoms with E-state index in [0.29, 0.717) is 18.9 Å². The van der Waals surface area contributed by atoms with E-state index in [9.17, 15) is 25.2 Å². The van der Waals surface area contributed by atoms with Crippen LogP contribution in [0.3, 0.4) is 0 Å². The van der Waals surface area contributed by atoms with Gasteiger partial charge in [0, 0.05) is 17.9 Å². The van der Waals surface area contributed by atoms with Crippen LogP contribution in [0.4, 0.5) is 0 Å². The molecule has 6 atom stereocenters. The van der Waals surface area contributed by atoms with Gasteiger partial charge in [0.15, 0.2) is 12.4 Å². The van der Waals surface area contributed by atoms with Gasteiger partial charge in [0.1, 0.15) is 18.3 Å². The van der Waals surface area contributed by atoms with E-state index in [1.807, 2.05) is 0 Å². The first kappa shape index (κ1) is 23.4. The van der Waals surface area contributed by atoms with Gasteiger partial charge in [-0.1, -0.05) is 48.5 Å². The van der Waals surface area contributed by atoms with Crippen molar-refractivity contribution in [1.29, 1.82) is 0 Å². The zero-order chi connectivity index (χ0) is 24.0. The zero-order valence-electron chi connectivity index (χ0n) is 19.0. The van der Waals surface area contributed by atoms with Crippen LogP contribution in [0.15, 0.2) is 48.5 Å². The van der Waals surface area contributed by atoms with Gasteiger partial charge in [-0.15, -0.1) is 0 Å². The summed E-state index contributed by atoms with van der Waals surface area (Å²) < 4.78 is 11.6. The monoisotopic (exact) mass is 469 g/mol. The third-order valence-corrected chi connectivity index (χ3v) is 7.71. The molecule has 182 valence electrons. The maximum absolute atomic E-state index is 11.5. The lowest BCUT2D eigenvalue weighted by Crippen LogP contribution is -2.61. The number of fused-ring (bicyclic) bond motifs is 1. The third-order valence-electron chi connectivity index (χ3n) is 7.71. The largest absolute Gasteiger partial charge is 0.479 e. The van der Waals surface area contributed by atoms with Gasteiger partial charge >= 0.3 is 5.97 Å². The number of rotatable bonds is 7. The van der Waals surface area contributed by atoms with Crippen LogP contribution < -0.4 is 5.32 Å². The first-order valence-electron chi connectivity index (χ1n) is 11.8. The molecule has 2 bridgehead atoms. The molecule has 0 amide bonds. The molecule has 0 radical (unpaired) electrons. The molecule has 2 aromatic rings. The summed E-state index contributed by atoms with van der Waals surface area (Å²) in [6.45, 7) is 0.429. The van der Waals surface area contributed by atoms with Gasteiger partial charge in [0.05, 0.1) is 6.10 Å². The number of benzene rings is 2. The van der Waals surface area contributed by atoms with Crippen molar-refractivity contribution in [2.45, 2.75) is 67.4 Å². The predicted octanol–water partition coefficient (Wildman–Crippen LogP) is 1.10. The molecule has 1 saturated heterocycles. The van der Waals surface area contributed by atoms with Crippen molar-refractivity contribution in [3.05, 3.63) is 70.8 Å². The van der Waals surface area contributed by atoms with Gasteiger partial charge in [-0.2, -0.15) is 0 Å². The van der Waals surface area contributed by atoms with E-state index in [4.69, 9.17) is 9.47 Å². The summed E-state index contributed by atoms with van der Waals surface area (Å²) in [4.78, 5) is 11.5. The van der Waals surface area contributed by atoms with Gasteiger partial charge in [0.25, 0.3) is 0 Å². The highest BCUT2D eigenvalue weighted by Crippen LogP contribution is 2.58. The second-order valence-corrected chi connectivity index (χ2v) is 9.60. The number of carboxylic acid groups (broad SMARTS) is 1. The highest BCUT2D eigenvalue weighted by atomic mass is 16.7. The molecule has 4 aliphatic rings. The summed E-state index contributed by atoms with van der Waals surface area (Å²) in [5, 5.41) is 43.3. The average Bonchev–Trinajstić information content (AvgIpc) is 2.85. The van der Waals surface area contributed by atoms with Crippen molar-refractivity contribution in [2.24, 2.45) is 0 Å². The van der Waals surface area contributed by atoms with E-state index in [1.54, 1.807) is 7.05 Å². The fraction of sp³-hybridized carbons (Fsp3) is 0.500. The number of nitrogens with one attached hydrogen (secondary N) is 1. The molecule has 8 heteroatoms. The molecule has 34 heavy (non-hydrogen) atoms. The van der Waals surface area contributed by atoms with Crippen LogP contribution in [0.1, 0.15) is 47.4 Å². The number of ether oxygens (including phenoxy) is 2. The number of aliphatic hydroxyl groups excluding tert-OH is 3. The van der Waals surface area contributed by atoms with Crippen LogP contribution in [0.2, 0.25) is 0 Å². The maximum Gasteiger partial charge on any atom is 0.335 e. The molecular weight excluding hydrogens is 438 g/mol. The van der Waals surface area contributed by atoms with E-state index in [1.165, 1.54) is 22.3 Å². The lowest BCUT2D eigenvalue weighted by molar-refractivity contribution is -0.304. The molecule has 0 saturated carbocycles. The maximum atomic E-state index is 11.5. The minimum atomic E-state index is -1.75. The molecule has 8 nitrogen and oxygen atoms in total. The summed E-state index contributed by atoms with van der Waals surface area (Å²) in [5.74, 6) is -1.06. The fourth-order valence-electron chi connectivity index (χ4n) is 6.22. The van der Waals surface area contributed by atoms with E-state index >= 15 is 0 Å². The van der Waals surface area contributed by atoms with Gasteiger partial charge in [-0.25, -0.2) is 4.79 Å². The van der Waals surface area contributed by atoms with Crippen molar-refractivity contribution in [3.63, 3.8) is 0 Å². The Morgan fingerprint density at radius 3 is 2.26 bits per heavy atom. The van der Waals surface area contributed by atoms with E-state index in [0.717, 1.165) is 12.8 Å². The second kappa shape index (κ2) is 9.03. The van der Waals surface area contributed by atoms with Crippen LogP contribution in [0, 0.1) is 0 Å². The molecule has 2 aromatic carbocycles.